The summed E-state index contributed by atoms with van der Waals surface area (Å²) in [5, 5.41) is 11.8. The van der Waals surface area contributed by atoms with E-state index < -0.39 is 28.3 Å². The summed E-state index contributed by atoms with van der Waals surface area (Å²) in [4.78, 5) is 40.1. The molecule has 1 N–H and O–H groups in total. The zero-order chi connectivity index (χ0) is 33.4. The predicted molar refractivity (Wildman–Crippen MR) is 174 cm³/mol. The van der Waals surface area contributed by atoms with Gasteiger partial charge in [-0.25, -0.2) is 0 Å². The molecule has 0 radical (unpaired) electrons. The number of hydrogen-bond donors (Lipinski definition) is 1. The van der Waals surface area contributed by atoms with Crippen LogP contribution in [0.4, 0.5) is 0 Å². The molecule has 3 heterocycles. The van der Waals surface area contributed by atoms with Gasteiger partial charge in [0.05, 0.1) is 11.2 Å². The number of ketones is 2. The number of rotatable bonds is 9. The number of carbonyl (C=O) groups is 3. The Hall–Kier alpha value is -3.91. The Morgan fingerprint density at radius 2 is 1.74 bits per heavy atom. The lowest BCUT2D eigenvalue weighted by Crippen LogP contribution is -2.72. The van der Waals surface area contributed by atoms with Crippen LogP contribution in [0.5, 0.6) is 17.2 Å². The van der Waals surface area contributed by atoms with Crippen LogP contribution >= 0.6 is 0 Å². The molecule has 6 aliphatic rings. The quantitative estimate of drug-likeness (QED) is 0.173. The zero-order valence-corrected chi connectivity index (χ0v) is 28.0. The van der Waals surface area contributed by atoms with Gasteiger partial charge < -0.3 is 24.1 Å². The van der Waals surface area contributed by atoms with Gasteiger partial charge in [0.2, 0.25) is 0 Å². The fraction of sp³-hybridized carbons (Fsp3) is 0.500. The molecule has 3 aliphatic carbocycles. The molecule has 5 atom stereocenters. The van der Waals surface area contributed by atoms with Crippen LogP contribution in [0.2, 0.25) is 0 Å². The summed E-state index contributed by atoms with van der Waals surface area (Å²) in [5.41, 5.74) is -0.687. The lowest BCUT2D eigenvalue weighted by molar-refractivity contribution is -0.171. The summed E-state index contributed by atoms with van der Waals surface area (Å²) in [6, 6.07) is 0. The third kappa shape index (κ3) is 4.55. The zero-order valence-electron chi connectivity index (χ0n) is 28.0. The molecule has 3 aliphatic heterocycles. The Labute approximate surface area is 270 Å². The lowest BCUT2D eigenvalue weighted by Gasteiger charge is -2.56. The fourth-order valence-electron chi connectivity index (χ4n) is 8.20. The molecule has 46 heavy (non-hydrogen) atoms. The van der Waals surface area contributed by atoms with Crippen LogP contribution in [0, 0.1) is 11.8 Å². The smallest absolute Gasteiger partial charge is 0.298 e. The van der Waals surface area contributed by atoms with Gasteiger partial charge in [0.25, 0.3) is 6.47 Å². The molecule has 8 heteroatoms. The van der Waals surface area contributed by atoms with E-state index in [9.17, 15) is 19.5 Å². The topological polar surface area (TPSA) is 108 Å². The maximum atomic E-state index is 14.7. The molecular formula is C38H44O8. The number of aromatic hydroxyl groups is 1. The Bertz CT molecular complexity index is 1690. The summed E-state index contributed by atoms with van der Waals surface area (Å²) in [5.74, 6) is -0.605. The molecule has 1 spiro atoms. The van der Waals surface area contributed by atoms with Crippen molar-refractivity contribution in [3.8, 4) is 17.2 Å². The number of phenolic OH excluding ortho intramolecular Hbond substituents is 1. The van der Waals surface area contributed by atoms with Gasteiger partial charge in [0.15, 0.2) is 22.8 Å². The first-order valence-electron chi connectivity index (χ1n) is 16.1. The standard InChI is InChI=1S/C38H44O8/c1-21(2)10-9-15-36(8)16-14-25-30(40)29-31(41)27-18-24-19-28-35(6,7)46-37(34(24)42,17-13-23(5)43-20-39)38(27,28)45-33(29)26(32(25)44-36)12-11-22(3)4/h10-11,13-14,16,18,20,24,28,40H,9,12,15,17,19H2,1-8H3/b23-13-/t24-,28?,36-,37-,38-/m1/s1. The van der Waals surface area contributed by atoms with Gasteiger partial charge in [-0.1, -0.05) is 29.4 Å². The summed E-state index contributed by atoms with van der Waals surface area (Å²) >= 11 is 0. The van der Waals surface area contributed by atoms with Gasteiger partial charge in [-0.3, -0.25) is 14.4 Å². The highest BCUT2D eigenvalue weighted by molar-refractivity contribution is 6.19. The number of fused-ring (bicyclic) bond motifs is 2. The highest BCUT2D eigenvalue weighted by atomic mass is 16.6. The van der Waals surface area contributed by atoms with Crippen LogP contribution in [-0.4, -0.2) is 45.5 Å². The van der Waals surface area contributed by atoms with E-state index in [-0.39, 0.29) is 41.0 Å². The minimum absolute atomic E-state index is 0.0454. The normalized spacial score (nSPS) is 31.1. The average Bonchev–Trinajstić information content (AvgIpc) is 3.12. The number of Topliss-reactive ketones (excluding diaryl/α,β-unsaturated/α-hetero) is 2. The molecular weight excluding hydrogens is 584 g/mol. The van der Waals surface area contributed by atoms with E-state index in [4.69, 9.17) is 18.9 Å². The van der Waals surface area contributed by atoms with Crippen molar-refractivity contribution in [2.45, 2.75) is 110 Å². The number of benzene rings is 1. The molecule has 1 saturated heterocycles. The first-order valence-corrected chi connectivity index (χ1v) is 16.1. The molecule has 1 unspecified atom stereocenters. The lowest BCUT2D eigenvalue weighted by atomic mass is 9.51. The molecule has 2 fully saturated rings. The van der Waals surface area contributed by atoms with Crippen LogP contribution in [0.15, 0.2) is 52.9 Å². The van der Waals surface area contributed by atoms with E-state index >= 15 is 0 Å². The fourth-order valence-corrected chi connectivity index (χ4v) is 8.20. The van der Waals surface area contributed by atoms with E-state index in [1.165, 1.54) is 5.57 Å². The highest BCUT2D eigenvalue weighted by Crippen LogP contribution is 2.68. The minimum atomic E-state index is -1.55. The maximum absolute atomic E-state index is 14.7. The first-order chi connectivity index (χ1) is 21.6. The van der Waals surface area contributed by atoms with Crippen LogP contribution in [0.3, 0.4) is 0 Å². The Balaban J connectivity index is 1.58. The van der Waals surface area contributed by atoms with Gasteiger partial charge in [0, 0.05) is 29.4 Å². The minimum Gasteiger partial charge on any atom is -0.506 e. The molecule has 8 nitrogen and oxygen atoms in total. The highest BCUT2D eigenvalue weighted by Gasteiger charge is 2.81. The van der Waals surface area contributed by atoms with Crippen molar-refractivity contribution in [1.29, 1.82) is 0 Å². The summed E-state index contributed by atoms with van der Waals surface area (Å²) in [7, 11) is 0. The number of ether oxygens (including phenoxy) is 4. The molecule has 0 amide bonds. The first kappa shape index (κ1) is 32.0. The second-order valence-corrected chi connectivity index (χ2v) is 14.6. The summed E-state index contributed by atoms with van der Waals surface area (Å²) in [6.45, 7) is 16.0. The van der Waals surface area contributed by atoms with Gasteiger partial charge in [0.1, 0.15) is 34.2 Å². The Morgan fingerprint density at radius 3 is 2.41 bits per heavy atom. The Morgan fingerprint density at radius 1 is 1.02 bits per heavy atom. The third-order valence-electron chi connectivity index (χ3n) is 10.4. The molecule has 4 bridgehead atoms. The largest absolute Gasteiger partial charge is 0.506 e. The molecule has 1 aromatic rings. The van der Waals surface area contributed by atoms with Crippen LogP contribution in [0.1, 0.15) is 103 Å². The van der Waals surface area contributed by atoms with Crippen molar-refractivity contribution in [1.82, 2.24) is 0 Å². The summed E-state index contributed by atoms with van der Waals surface area (Å²) in [6.07, 6.45) is 13.8. The maximum Gasteiger partial charge on any atom is 0.298 e. The predicted octanol–water partition coefficient (Wildman–Crippen LogP) is 7.29. The Kier molecular flexibility index (Phi) is 7.54. The van der Waals surface area contributed by atoms with Crippen LogP contribution in [0.25, 0.3) is 6.08 Å². The average molecular weight is 629 g/mol. The molecule has 244 valence electrons. The second-order valence-electron chi connectivity index (χ2n) is 14.6. The van der Waals surface area contributed by atoms with Crippen molar-refractivity contribution in [2.24, 2.45) is 11.8 Å². The van der Waals surface area contributed by atoms with Gasteiger partial charge in [-0.2, -0.15) is 0 Å². The molecule has 0 aromatic heterocycles. The van der Waals surface area contributed by atoms with Gasteiger partial charge in [-0.15, -0.1) is 0 Å². The third-order valence-corrected chi connectivity index (χ3v) is 10.4. The van der Waals surface area contributed by atoms with Crippen molar-refractivity contribution in [3.05, 3.63) is 69.5 Å². The van der Waals surface area contributed by atoms with Gasteiger partial charge in [-0.05, 0) is 99.3 Å². The number of phenols is 1. The van der Waals surface area contributed by atoms with Crippen molar-refractivity contribution in [2.75, 3.05) is 0 Å². The van der Waals surface area contributed by atoms with Crippen molar-refractivity contribution >= 4 is 24.1 Å². The van der Waals surface area contributed by atoms with Crippen LogP contribution in [-0.2, 0) is 25.5 Å². The number of carbonyl (C=O) groups excluding carboxylic acids is 3. The number of hydrogen-bond acceptors (Lipinski definition) is 8. The van der Waals surface area contributed by atoms with E-state index in [0.717, 1.165) is 12.0 Å². The summed E-state index contributed by atoms with van der Waals surface area (Å²) < 4.78 is 25.7. The van der Waals surface area contributed by atoms with Crippen molar-refractivity contribution in [3.63, 3.8) is 0 Å². The van der Waals surface area contributed by atoms with E-state index in [1.54, 1.807) is 19.1 Å². The molecule has 1 saturated carbocycles. The van der Waals surface area contributed by atoms with Crippen molar-refractivity contribution < 1.29 is 38.4 Å². The van der Waals surface area contributed by atoms with E-state index in [2.05, 4.69) is 19.9 Å². The molecule has 7 rings (SSSR count). The van der Waals surface area contributed by atoms with Crippen LogP contribution < -0.4 is 9.47 Å². The SMILES string of the molecule is CC(C)=CCC[C@]1(C)C=Cc2c(O)c3c(c(CC=C(C)C)c2O1)O[C@]12C(=C[C@@H]4CC1C(C)(C)O[C@]2(C/C=C(/C)OC=O)C4=O)C3=O. The monoisotopic (exact) mass is 628 g/mol. The van der Waals surface area contributed by atoms with Gasteiger partial charge >= 0.3 is 0 Å². The molecule has 1 aromatic carbocycles. The number of allylic oxidation sites excluding steroid dienone is 6. The van der Waals surface area contributed by atoms with E-state index in [0.29, 0.717) is 53.9 Å². The second kappa shape index (κ2) is 10.8. The van der Waals surface area contributed by atoms with E-state index in [1.807, 2.05) is 52.8 Å².